The summed E-state index contributed by atoms with van der Waals surface area (Å²) < 4.78 is 11.1. The summed E-state index contributed by atoms with van der Waals surface area (Å²) in [5.74, 6) is -0.209. The fourth-order valence-electron chi connectivity index (χ4n) is 6.07. The van der Waals surface area contributed by atoms with Gasteiger partial charge in [-0.3, -0.25) is 4.79 Å². The first-order chi connectivity index (χ1) is 23.2. The standard InChI is InChI=1S/C43H82O4/c1-3-5-7-9-11-13-15-16-17-18-19-20-21-22-23-24-25-26-27-29-31-33-35-37-39-46-41-42(40-44)47-43(45)38-36-34-32-30-28-14-12-10-8-6-4-2/h10,12,18-19,42,44H,3-9,11,13-17,20-41H2,1-2H3/b12-10-,19-18-. The molecule has 1 atom stereocenters. The maximum atomic E-state index is 12.1. The van der Waals surface area contributed by atoms with Crippen molar-refractivity contribution in [3.05, 3.63) is 24.3 Å². The van der Waals surface area contributed by atoms with Crippen LogP contribution in [-0.4, -0.2) is 37.0 Å². The number of allylic oxidation sites excluding steroid dienone is 4. The number of aliphatic hydroxyl groups excluding tert-OH is 1. The average Bonchev–Trinajstić information content (AvgIpc) is 3.08. The van der Waals surface area contributed by atoms with Gasteiger partial charge in [-0.15, -0.1) is 0 Å². The number of carbonyl (C=O) groups is 1. The number of ether oxygens (including phenoxy) is 2. The normalized spacial score (nSPS) is 12.5. The number of rotatable bonds is 39. The van der Waals surface area contributed by atoms with E-state index in [4.69, 9.17) is 9.47 Å². The van der Waals surface area contributed by atoms with Crippen molar-refractivity contribution in [2.45, 2.75) is 225 Å². The Morgan fingerprint density at radius 3 is 1.28 bits per heavy atom. The van der Waals surface area contributed by atoms with Crippen molar-refractivity contribution >= 4 is 5.97 Å². The first kappa shape index (κ1) is 45.9. The topological polar surface area (TPSA) is 55.8 Å². The van der Waals surface area contributed by atoms with Gasteiger partial charge in [0, 0.05) is 13.0 Å². The van der Waals surface area contributed by atoms with Crippen LogP contribution in [0, 0.1) is 0 Å². The maximum Gasteiger partial charge on any atom is 0.306 e. The number of aliphatic hydroxyl groups is 1. The van der Waals surface area contributed by atoms with E-state index in [0.717, 1.165) is 19.3 Å². The lowest BCUT2D eigenvalue weighted by Gasteiger charge is -2.15. The summed E-state index contributed by atoms with van der Waals surface area (Å²) in [6, 6.07) is 0. The van der Waals surface area contributed by atoms with Crippen LogP contribution in [0.5, 0.6) is 0 Å². The van der Waals surface area contributed by atoms with Gasteiger partial charge in [0.05, 0.1) is 13.2 Å². The smallest absolute Gasteiger partial charge is 0.306 e. The van der Waals surface area contributed by atoms with Crippen LogP contribution in [0.15, 0.2) is 24.3 Å². The van der Waals surface area contributed by atoms with E-state index >= 15 is 0 Å². The van der Waals surface area contributed by atoms with Crippen molar-refractivity contribution in [3.8, 4) is 0 Å². The summed E-state index contributed by atoms with van der Waals surface area (Å²) in [5.41, 5.74) is 0. The highest BCUT2D eigenvalue weighted by Crippen LogP contribution is 2.14. The van der Waals surface area contributed by atoms with E-state index in [-0.39, 0.29) is 12.6 Å². The van der Waals surface area contributed by atoms with Crippen molar-refractivity contribution in [3.63, 3.8) is 0 Å². The minimum Gasteiger partial charge on any atom is -0.457 e. The Labute approximate surface area is 294 Å². The van der Waals surface area contributed by atoms with Crippen molar-refractivity contribution in [2.24, 2.45) is 0 Å². The van der Waals surface area contributed by atoms with Crippen LogP contribution in [0.4, 0.5) is 0 Å². The third-order valence-corrected chi connectivity index (χ3v) is 9.25. The number of hydrogen-bond acceptors (Lipinski definition) is 4. The molecule has 0 aliphatic rings. The van der Waals surface area contributed by atoms with Gasteiger partial charge in [0.2, 0.25) is 0 Å². The molecule has 4 nitrogen and oxygen atoms in total. The van der Waals surface area contributed by atoms with E-state index in [0.29, 0.717) is 19.6 Å². The van der Waals surface area contributed by atoms with Crippen LogP contribution < -0.4 is 0 Å². The molecule has 1 unspecified atom stereocenters. The second kappa shape index (κ2) is 41.0. The molecule has 0 aliphatic heterocycles. The minimum atomic E-state index is -0.534. The molecule has 0 amide bonds. The molecule has 1 N–H and O–H groups in total. The van der Waals surface area contributed by atoms with Gasteiger partial charge in [0.1, 0.15) is 6.10 Å². The van der Waals surface area contributed by atoms with E-state index in [1.165, 1.54) is 180 Å². The second-order valence-corrected chi connectivity index (χ2v) is 14.1. The van der Waals surface area contributed by atoms with Crippen LogP contribution in [0.25, 0.3) is 0 Å². The first-order valence-electron chi connectivity index (χ1n) is 20.9. The molecule has 0 aromatic heterocycles. The summed E-state index contributed by atoms with van der Waals surface area (Å²) in [4.78, 5) is 12.1. The fraction of sp³-hybridized carbons (Fsp3) is 0.884. The Morgan fingerprint density at radius 1 is 0.489 bits per heavy atom. The SMILES string of the molecule is CCCC/C=C\CCCCCCCC(=O)OC(CO)COCCCCCCCCCCCCCC/C=C\CCCCCCCCCC. The molecule has 0 fully saturated rings. The van der Waals surface area contributed by atoms with Crippen LogP contribution in [0.3, 0.4) is 0 Å². The lowest BCUT2D eigenvalue weighted by Crippen LogP contribution is -2.27. The Hall–Kier alpha value is -1.13. The van der Waals surface area contributed by atoms with Gasteiger partial charge in [-0.25, -0.2) is 0 Å². The zero-order valence-corrected chi connectivity index (χ0v) is 31.8. The van der Waals surface area contributed by atoms with Crippen LogP contribution in [0.2, 0.25) is 0 Å². The summed E-state index contributed by atoms with van der Waals surface area (Å²) in [5, 5.41) is 9.56. The number of carbonyl (C=O) groups excluding carboxylic acids is 1. The summed E-state index contributed by atoms with van der Waals surface area (Å²) >= 11 is 0. The van der Waals surface area contributed by atoms with Gasteiger partial charge in [0.15, 0.2) is 0 Å². The highest BCUT2D eigenvalue weighted by molar-refractivity contribution is 5.69. The van der Waals surface area contributed by atoms with Gasteiger partial charge in [-0.1, -0.05) is 179 Å². The van der Waals surface area contributed by atoms with Crippen LogP contribution >= 0.6 is 0 Å². The molecule has 0 saturated heterocycles. The van der Waals surface area contributed by atoms with Crippen molar-refractivity contribution in [1.29, 1.82) is 0 Å². The summed E-state index contributed by atoms with van der Waals surface area (Å²) in [7, 11) is 0. The van der Waals surface area contributed by atoms with Crippen molar-refractivity contribution < 1.29 is 19.4 Å². The predicted molar refractivity (Wildman–Crippen MR) is 205 cm³/mol. The average molecular weight is 663 g/mol. The van der Waals surface area contributed by atoms with E-state index in [2.05, 4.69) is 38.2 Å². The third kappa shape index (κ3) is 39.2. The monoisotopic (exact) mass is 663 g/mol. The van der Waals surface area contributed by atoms with Gasteiger partial charge in [-0.05, 0) is 57.8 Å². The molecule has 47 heavy (non-hydrogen) atoms. The Morgan fingerprint density at radius 2 is 0.851 bits per heavy atom. The van der Waals surface area contributed by atoms with E-state index < -0.39 is 6.10 Å². The molecule has 0 spiro atoms. The molecule has 0 bridgehead atoms. The fourth-order valence-corrected chi connectivity index (χ4v) is 6.07. The van der Waals surface area contributed by atoms with Gasteiger partial charge >= 0.3 is 5.97 Å². The molecule has 4 heteroatoms. The molecule has 0 rings (SSSR count). The van der Waals surface area contributed by atoms with Crippen LogP contribution in [-0.2, 0) is 14.3 Å². The molecule has 0 radical (unpaired) electrons. The number of unbranched alkanes of at least 4 members (excludes halogenated alkanes) is 27. The molecule has 0 saturated carbocycles. The summed E-state index contributed by atoms with van der Waals surface area (Å²) in [6.07, 6.45) is 49.6. The molecule has 0 aromatic carbocycles. The zero-order valence-electron chi connectivity index (χ0n) is 31.8. The van der Waals surface area contributed by atoms with E-state index in [1.54, 1.807) is 0 Å². The number of hydrogen-bond donors (Lipinski definition) is 1. The first-order valence-corrected chi connectivity index (χ1v) is 20.9. The van der Waals surface area contributed by atoms with Gasteiger partial charge in [0.25, 0.3) is 0 Å². The van der Waals surface area contributed by atoms with E-state index in [1.807, 2.05) is 0 Å². The largest absolute Gasteiger partial charge is 0.457 e. The zero-order chi connectivity index (χ0) is 34.1. The Kier molecular flexibility index (Phi) is 40.1. The highest BCUT2D eigenvalue weighted by Gasteiger charge is 2.13. The lowest BCUT2D eigenvalue weighted by molar-refractivity contribution is -0.154. The predicted octanol–water partition coefficient (Wildman–Crippen LogP) is 13.5. The van der Waals surface area contributed by atoms with Crippen molar-refractivity contribution in [1.82, 2.24) is 0 Å². The molecule has 0 aliphatic carbocycles. The third-order valence-electron chi connectivity index (χ3n) is 9.25. The Bertz CT molecular complexity index is 658. The van der Waals surface area contributed by atoms with E-state index in [9.17, 15) is 9.90 Å². The molecular weight excluding hydrogens is 580 g/mol. The molecular formula is C43H82O4. The van der Waals surface area contributed by atoms with Crippen molar-refractivity contribution in [2.75, 3.05) is 19.8 Å². The van der Waals surface area contributed by atoms with Gasteiger partial charge < -0.3 is 14.6 Å². The molecule has 0 heterocycles. The lowest BCUT2D eigenvalue weighted by atomic mass is 10.0. The minimum absolute atomic E-state index is 0.172. The molecule has 278 valence electrons. The maximum absolute atomic E-state index is 12.1. The van der Waals surface area contributed by atoms with Gasteiger partial charge in [-0.2, -0.15) is 0 Å². The quantitative estimate of drug-likeness (QED) is 0.0404. The summed E-state index contributed by atoms with van der Waals surface area (Å²) in [6.45, 7) is 5.32. The second-order valence-electron chi connectivity index (χ2n) is 14.1. The Balaban J connectivity index is 3.36. The highest BCUT2D eigenvalue weighted by atomic mass is 16.6. The van der Waals surface area contributed by atoms with Crippen LogP contribution in [0.1, 0.15) is 219 Å². The number of esters is 1. The molecule has 0 aromatic rings.